The van der Waals surface area contributed by atoms with E-state index in [4.69, 9.17) is 5.11 Å². The Balaban J connectivity index is 2.44. The zero-order valence-corrected chi connectivity index (χ0v) is 8.39. The number of rotatable bonds is 2. The third kappa shape index (κ3) is 2.26. The van der Waals surface area contributed by atoms with Crippen LogP contribution in [0.3, 0.4) is 0 Å². The van der Waals surface area contributed by atoms with Gasteiger partial charge in [-0.3, -0.25) is 0 Å². The van der Waals surface area contributed by atoms with E-state index in [9.17, 15) is 13.2 Å². The number of aliphatic hydroxyl groups excluding tert-OH is 1. The smallest absolute Gasteiger partial charge is 0.391 e. The highest BCUT2D eigenvalue weighted by Gasteiger charge is 2.32. The predicted molar refractivity (Wildman–Crippen MR) is 50.1 cm³/mol. The van der Waals surface area contributed by atoms with E-state index in [1.54, 1.807) is 0 Å². The molecule has 90 valence electrons. The zero-order valence-electron chi connectivity index (χ0n) is 8.39. The number of nitrogens with zero attached hydrogens (tertiary/aromatic N) is 4. The molecule has 0 atom stereocenters. The maximum Gasteiger partial charge on any atom is 0.419 e. The van der Waals surface area contributed by atoms with Gasteiger partial charge in [0.25, 0.3) is 0 Å². The molecule has 8 heteroatoms. The number of alkyl halides is 3. The fraction of sp³-hybridized carbons (Fsp3) is 0.222. The minimum Gasteiger partial charge on any atom is -0.391 e. The Kier molecular flexibility index (Phi) is 2.80. The van der Waals surface area contributed by atoms with Crippen LogP contribution in [0.2, 0.25) is 0 Å². The van der Waals surface area contributed by atoms with Crippen LogP contribution in [0, 0.1) is 0 Å². The highest BCUT2D eigenvalue weighted by molar-refractivity contribution is 5.30. The summed E-state index contributed by atoms with van der Waals surface area (Å²) < 4.78 is 38.0. The van der Waals surface area contributed by atoms with E-state index in [1.807, 2.05) is 0 Å². The maximum absolute atomic E-state index is 12.4. The normalized spacial score (nSPS) is 11.8. The zero-order chi connectivity index (χ0) is 12.5. The van der Waals surface area contributed by atoms with Crippen molar-refractivity contribution in [3.05, 3.63) is 36.0 Å². The van der Waals surface area contributed by atoms with E-state index >= 15 is 0 Å². The summed E-state index contributed by atoms with van der Waals surface area (Å²) in [7, 11) is 0. The summed E-state index contributed by atoms with van der Waals surface area (Å²) in [5.74, 6) is 0.123. The second-order valence-corrected chi connectivity index (χ2v) is 3.20. The highest BCUT2D eigenvalue weighted by Crippen LogP contribution is 2.29. The molecule has 0 aliphatic heterocycles. The van der Waals surface area contributed by atoms with Gasteiger partial charge in [0.05, 0.1) is 18.4 Å². The number of aromatic nitrogens is 4. The van der Waals surface area contributed by atoms with Crippen LogP contribution in [0.4, 0.5) is 13.2 Å². The topological polar surface area (TPSA) is 63.8 Å². The molecule has 0 radical (unpaired) electrons. The van der Waals surface area contributed by atoms with Crippen molar-refractivity contribution < 1.29 is 18.3 Å². The van der Waals surface area contributed by atoms with Gasteiger partial charge >= 0.3 is 6.18 Å². The lowest BCUT2D eigenvalue weighted by Crippen LogP contribution is -2.05. The Bertz CT molecular complexity index is 523. The average Bonchev–Trinajstić information content (AvgIpc) is 2.77. The van der Waals surface area contributed by atoms with Crippen LogP contribution >= 0.6 is 0 Å². The molecule has 5 nitrogen and oxygen atoms in total. The Labute approximate surface area is 93.6 Å². The monoisotopic (exact) mass is 244 g/mol. The van der Waals surface area contributed by atoms with Crippen molar-refractivity contribution in [3.8, 4) is 5.82 Å². The molecule has 0 spiro atoms. The molecule has 0 fully saturated rings. The van der Waals surface area contributed by atoms with Gasteiger partial charge in [0.2, 0.25) is 0 Å². The predicted octanol–water partition coefficient (Wildman–Crippen LogP) is 1.17. The molecular weight excluding hydrogens is 237 g/mol. The number of halogens is 3. The lowest BCUT2D eigenvalue weighted by molar-refractivity contribution is -0.137. The molecule has 0 aromatic carbocycles. The van der Waals surface area contributed by atoms with Gasteiger partial charge in [-0.25, -0.2) is 14.6 Å². The molecule has 1 N–H and O–H groups in total. The SMILES string of the molecule is OCc1cncnc1-n1cc(C(F)(F)F)cn1. The summed E-state index contributed by atoms with van der Waals surface area (Å²) in [6.45, 7) is -0.378. The van der Waals surface area contributed by atoms with Crippen LogP contribution in [0.25, 0.3) is 5.82 Å². The Morgan fingerprint density at radius 3 is 2.65 bits per heavy atom. The fourth-order valence-electron chi connectivity index (χ4n) is 1.25. The second kappa shape index (κ2) is 4.13. The molecule has 2 aromatic heterocycles. The van der Waals surface area contributed by atoms with Gasteiger partial charge in [0.15, 0.2) is 5.82 Å². The van der Waals surface area contributed by atoms with Crippen LogP contribution in [-0.2, 0) is 12.8 Å². The molecule has 0 saturated carbocycles. The Morgan fingerprint density at radius 1 is 1.29 bits per heavy atom. The van der Waals surface area contributed by atoms with E-state index in [0.29, 0.717) is 11.8 Å². The van der Waals surface area contributed by atoms with Gasteiger partial charge in [0.1, 0.15) is 6.33 Å². The molecule has 0 unspecified atom stereocenters. The minimum absolute atomic E-state index is 0.123. The van der Waals surface area contributed by atoms with Crippen molar-refractivity contribution >= 4 is 0 Å². The Hall–Kier alpha value is -1.96. The number of aliphatic hydroxyl groups is 1. The van der Waals surface area contributed by atoms with Crippen LogP contribution in [-0.4, -0.2) is 24.9 Å². The first-order valence-electron chi connectivity index (χ1n) is 4.54. The van der Waals surface area contributed by atoms with Gasteiger partial charge in [-0.05, 0) is 0 Å². The summed E-state index contributed by atoms with van der Waals surface area (Å²) in [6.07, 6.45) is -0.462. The lowest BCUT2D eigenvalue weighted by atomic mass is 10.3. The van der Waals surface area contributed by atoms with E-state index in [0.717, 1.165) is 10.9 Å². The van der Waals surface area contributed by atoms with Gasteiger partial charge in [-0.2, -0.15) is 18.3 Å². The van der Waals surface area contributed by atoms with Crippen LogP contribution in [0.1, 0.15) is 11.1 Å². The minimum atomic E-state index is -4.45. The summed E-state index contributed by atoms with van der Waals surface area (Å²) >= 11 is 0. The first-order valence-corrected chi connectivity index (χ1v) is 4.54. The second-order valence-electron chi connectivity index (χ2n) is 3.20. The van der Waals surface area contributed by atoms with Crippen molar-refractivity contribution in [2.24, 2.45) is 0 Å². The molecule has 2 heterocycles. The first-order chi connectivity index (χ1) is 8.02. The van der Waals surface area contributed by atoms with Gasteiger partial charge < -0.3 is 5.11 Å². The molecule has 17 heavy (non-hydrogen) atoms. The summed E-state index contributed by atoms with van der Waals surface area (Å²) in [5.41, 5.74) is -0.579. The summed E-state index contributed by atoms with van der Waals surface area (Å²) in [6, 6.07) is 0. The molecule has 2 rings (SSSR count). The molecule has 0 bridgehead atoms. The molecule has 0 aliphatic carbocycles. The van der Waals surface area contributed by atoms with Crippen molar-refractivity contribution in [3.63, 3.8) is 0 Å². The molecule has 0 saturated heterocycles. The summed E-state index contributed by atoms with van der Waals surface area (Å²) in [4.78, 5) is 7.44. The standard InChI is InChI=1S/C9H7F3N4O/c10-9(11,12)7-2-15-16(3-7)8-6(4-17)1-13-5-14-8/h1-3,5,17H,4H2. The van der Waals surface area contributed by atoms with Crippen molar-refractivity contribution in [2.75, 3.05) is 0 Å². The average molecular weight is 244 g/mol. The van der Waals surface area contributed by atoms with E-state index in [2.05, 4.69) is 15.1 Å². The third-order valence-corrected chi connectivity index (χ3v) is 2.06. The summed E-state index contributed by atoms with van der Waals surface area (Å²) in [5, 5.41) is 12.6. The van der Waals surface area contributed by atoms with Crippen LogP contribution < -0.4 is 0 Å². The van der Waals surface area contributed by atoms with Crippen molar-refractivity contribution in [1.82, 2.24) is 19.7 Å². The van der Waals surface area contributed by atoms with Gasteiger partial charge in [0, 0.05) is 18.0 Å². The van der Waals surface area contributed by atoms with Crippen molar-refractivity contribution in [2.45, 2.75) is 12.8 Å². The fourth-order valence-corrected chi connectivity index (χ4v) is 1.25. The molecule has 2 aromatic rings. The van der Waals surface area contributed by atoms with Gasteiger partial charge in [-0.15, -0.1) is 0 Å². The lowest BCUT2D eigenvalue weighted by Gasteiger charge is -2.04. The first kappa shape index (κ1) is 11.5. The molecule has 0 amide bonds. The third-order valence-electron chi connectivity index (χ3n) is 2.06. The van der Waals surface area contributed by atoms with Crippen molar-refractivity contribution in [1.29, 1.82) is 0 Å². The van der Waals surface area contributed by atoms with Gasteiger partial charge in [-0.1, -0.05) is 0 Å². The highest BCUT2D eigenvalue weighted by atomic mass is 19.4. The number of hydrogen-bond acceptors (Lipinski definition) is 4. The Morgan fingerprint density at radius 2 is 2.06 bits per heavy atom. The van der Waals surface area contributed by atoms with E-state index < -0.39 is 11.7 Å². The van der Waals surface area contributed by atoms with E-state index in [-0.39, 0.29) is 12.4 Å². The largest absolute Gasteiger partial charge is 0.419 e. The van der Waals surface area contributed by atoms with Crippen LogP contribution in [0.15, 0.2) is 24.9 Å². The van der Waals surface area contributed by atoms with Crippen LogP contribution in [0.5, 0.6) is 0 Å². The maximum atomic E-state index is 12.4. The molecular formula is C9H7F3N4O. The number of hydrogen-bond donors (Lipinski definition) is 1. The van der Waals surface area contributed by atoms with E-state index in [1.165, 1.54) is 12.5 Å². The molecule has 0 aliphatic rings. The quantitative estimate of drug-likeness (QED) is 0.861.